The first-order chi connectivity index (χ1) is 15.9. The van der Waals surface area contributed by atoms with Gasteiger partial charge in [-0.05, 0) is 58.9 Å². The van der Waals surface area contributed by atoms with Crippen LogP contribution in [0.1, 0.15) is 55.9 Å². The Morgan fingerprint density at radius 1 is 1.06 bits per heavy atom. The van der Waals surface area contributed by atoms with Crippen molar-refractivity contribution in [3.05, 3.63) is 82.9 Å². The molecule has 1 N–H and O–H groups in total. The van der Waals surface area contributed by atoms with Crippen LogP contribution >= 0.6 is 0 Å². The molecule has 0 saturated carbocycles. The normalized spacial score (nSPS) is 16.2. The Kier molecular flexibility index (Phi) is 6.16. The van der Waals surface area contributed by atoms with E-state index < -0.39 is 31.1 Å². The van der Waals surface area contributed by atoms with Crippen LogP contribution in [0.3, 0.4) is 0 Å². The third-order valence-corrected chi connectivity index (χ3v) is 9.67. The fraction of sp³-hybridized carbons (Fsp3) is 0.320. The summed E-state index contributed by atoms with van der Waals surface area (Å²) in [5.74, 6) is -0.839. The number of aromatic nitrogens is 1. The van der Waals surface area contributed by atoms with Gasteiger partial charge in [-0.1, -0.05) is 45.9 Å². The van der Waals surface area contributed by atoms with Crippen LogP contribution in [0.15, 0.2) is 69.5 Å². The third kappa shape index (κ3) is 4.16. The summed E-state index contributed by atoms with van der Waals surface area (Å²) in [6.45, 7) is 7.59. The molecule has 34 heavy (non-hydrogen) atoms. The smallest absolute Gasteiger partial charge is 0.240 e. The van der Waals surface area contributed by atoms with Crippen molar-refractivity contribution in [2.24, 2.45) is 0 Å². The number of halogens is 1. The lowest BCUT2D eigenvalue weighted by atomic mass is 9.76. The molecule has 180 valence electrons. The average Bonchev–Trinajstić information content (AvgIpc) is 2.77. The van der Waals surface area contributed by atoms with E-state index in [1.165, 1.54) is 18.2 Å². The SMILES string of the molecule is CC(C)c1cc2c(cc1S(=O)(=O)NCCc1cccnc1)S(=O)(=O)c1cc(F)ccc1C2(C)C. The van der Waals surface area contributed by atoms with Crippen LogP contribution in [0.5, 0.6) is 0 Å². The number of fused-ring (bicyclic) bond motifs is 2. The molecule has 3 aromatic rings. The highest BCUT2D eigenvalue weighted by molar-refractivity contribution is 7.92. The molecule has 0 amide bonds. The van der Waals surface area contributed by atoms with Crippen LogP contribution in [-0.2, 0) is 31.7 Å². The molecule has 6 nitrogen and oxygen atoms in total. The summed E-state index contributed by atoms with van der Waals surface area (Å²) in [4.78, 5) is 3.72. The first-order valence-electron chi connectivity index (χ1n) is 11.0. The van der Waals surface area contributed by atoms with Crippen molar-refractivity contribution in [3.8, 4) is 0 Å². The van der Waals surface area contributed by atoms with Gasteiger partial charge in [0.05, 0.1) is 14.7 Å². The van der Waals surface area contributed by atoms with Gasteiger partial charge in [-0.3, -0.25) is 4.98 Å². The second kappa shape index (κ2) is 8.55. The Bertz CT molecular complexity index is 1470. The van der Waals surface area contributed by atoms with E-state index in [9.17, 15) is 21.2 Å². The summed E-state index contributed by atoms with van der Waals surface area (Å²) in [6, 6.07) is 10.3. The maximum absolute atomic E-state index is 14.0. The zero-order valence-electron chi connectivity index (χ0n) is 19.5. The summed E-state index contributed by atoms with van der Waals surface area (Å²) < 4.78 is 70.3. The lowest BCUT2D eigenvalue weighted by Gasteiger charge is -2.35. The first kappa shape index (κ1) is 24.5. The fourth-order valence-corrected chi connectivity index (χ4v) is 7.90. The zero-order chi connectivity index (χ0) is 24.9. The van der Waals surface area contributed by atoms with Gasteiger partial charge in [-0.2, -0.15) is 0 Å². The highest BCUT2D eigenvalue weighted by Crippen LogP contribution is 2.47. The number of rotatable bonds is 6. The van der Waals surface area contributed by atoms with E-state index in [-0.39, 0.29) is 27.1 Å². The van der Waals surface area contributed by atoms with Gasteiger partial charge in [0.1, 0.15) is 5.82 Å². The lowest BCUT2D eigenvalue weighted by Crippen LogP contribution is -2.32. The van der Waals surface area contributed by atoms with Crippen molar-refractivity contribution in [2.45, 2.75) is 60.1 Å². The molecule has 0 bridgehead atoms. The molecule has 0 radical (unpaired) electrons. The Hall–Kier alpha value is -2.62. The number of nitrogens with one attached hydrogen (secondary N) is 1. The molecule has 2 aromatic carbocycles. The van der Waals surface area contributed by atoms with E-state index in [2.05, 4.69) is 9.71 Å². The maximum atomic E-state index is 14.0. The highest BCUT2D eigenvalue weighted by atomic mass is 32.2. The minimum atomic E-state index is -4.12. The van der Waals surface area contributed by atoms with Crippen molar-refractivity contribution in [2.75, 3.05) is 6.54 Å². The predicted molar refractivity (Wildman–Crippen MR) is 128 cm³/mol. The second-order valence-electron chi connectivity index (χ2n) is 9.32. The number of hydrogen-bond donors (Lipinski definition) is 1. The Labute approximate surface area is 200 Å². The topological polar surface area (TPSA) is 93.2 Å². The van der Waals surface area contributed by atoms with Crippen molar-refractivity contribution in [1.29, 1.82) is 0 Å². The number of hydrogen-bond acceptors (Lipinski definition) is 5. The monoisotopic (exact) mass is 502 g/mol. The summed E-state index contributed by atoms with van der Waals surface area (Å²) in [7, 11) is -8.15. The van der Waals surface area contributed by atoms with Crippen LogP contribution in [-0.4, -0.2) is 28.4 Å². The highest BCUT2D eigenvalue weighted by Gasteiger charge is 2.42. The van der Waals surface area contributed by atoms with Gasteiger partial charge >= 0.3 is 0 Å². The Balaban J connectivity index is 1.83. The quantitative estimate of drug-likeness (QED) is 0.541. The van der Waals surface area contributed by atoms with Crippen LogP contribution in [0, 0.1) is 5.82 Å². The Morgan fingerprint density at radius 3 is 2.41 bits per heavy atom. The van der Waals surface area contributed by atoms with E-state index >= 15 is 0 Å². The van der Waals surface area contributed by atoms with E-state index in [0.717, 1.165) is 11.6 Å². The largest absolute Gasteiger partial charge is 0.264 e. The van der Waals surface area contributed by atoms with Crippen molar-refractivity contribution < 1.29 is 21.2 Å². The molecule has 1 aliphatic rings. The lowest BCUT2D eigenvalue weighted by molar-refractivity contribution is 0.544. The Morgan fingerprint density at radius 2 is 1.76 bits per heavy atom. The van der Waals surface area contributed by atoms with Gasteiger partial charge in [0.2, 0.25) is 19.9 Å². The number of sulfonamides is 1. The molecule has 4 rings (SSSR count). The number of benzene rings is 2. The minimum Gasteiger partial charge on any atom is -0.264 e. The van der Waals surface area contributed by atoms with Crippen molar-refractivity contribution in [1.82, 2.24) is 9.71 Å². The average molecular weight is 503 g/mol. The molecular formula is C25H27FN2O4S2. The molecule has 2 heterocycles. The summed E-state index contributed by atoms with van der Waals surface area (Å²) >= 11 is 0. The van der Waals surface area contributed by atoms with Crippen LogP contribution in [0.2, 0.25) is 0 Å². The third-order valence-electron chi connectivity index (χ3n) is 6.32. The fourth-order valence-electron chi connectivity index (χ4n) is 4.42. The minimum absolute atomic E-state index is 0.0772. The van der Waals surface area contributed by atoms with E-state index in [1.54, 1.807) is 24.5 Å². The zero-order valence-corrected chi connectivity index (χ0v) is 21.1. The van der Waals surface area contributed by atoms with Crippen molar-refractivity contribution >= 4 is 19.9 Å². The summed E-state index contributed by atoms with van der Waals surface area (Å²) in [5.41, 5.74) is 1.64. The molecular weight excluding hydrogens is 475 g/mol. The molecule has 0 spiro atoms. The van der Waals surface area contributed by atoms with Gasteiger partial charge in [-0.15, -0.1) is 0 Å². The number of pyridine rings is 1. The van der Waals surface area contributed by atoms with Gasteiger partial charge in [0.25, 0.3) is 0 Å². The van der Waals surface area contributed by atoms with Crippen LogP contribution < -0.4 is 4.72 Å². The van der Waals surface area contributed by atoms with E-state index in [0.29, 0.717) is 23.1 Å². The van der Waals surface area contributed by atoms with E-state index in [4.69, 9.17) is 0 Å². The number of nitrogens with zero attached hydrogens (tertiary/aromatic N) is 1. The standard InChI is InChI=1S/C25H27FN2O4S2/c1-16(2)19-13-21-24(33(29,30)23-12-18(26)7-8-20(23)25(21,3)4)14-22(19)34(31,32)28-11-9-17-6-5-10-27-15-17/h5-8,10,12-16,28H,9,11H2,1-4H3. The molecule has 0 fully saturated rings. The molecule has 0 saturated heterocycles. The molecule has 9 heteroatoms. The molecule has 0 aliphatic carbocycles. The molecule has 1 aromatic heterocycles. The maximum Gasteiger partial charge on any atom is 0.240 e. The van der Waals surface area contributed by atoms with Gasteiger partial charge < -0.3 is 0 Å². The summed E-state index contributed by atoms with van der Waals surface area (Å²) in [6.07, 6.45) is 3.74. The van der Waals surface area contributed by atoms with Gasteiger partial charge in [0, 0.05) is 24.4 Å². The molecule has 0 unspecified atom stereocenters. The van der Waals surface area contributed by atoms with Crippen LogP contribution in [0.4, 0.5) is 4.39 Å². The molecule has 0 atom stereocenters. The first-order valence-corrected chi connectivity index (χ1v) is 13.9. The second-order valence-corrected chi connectivity index (χ2v) is 12.9. The molecule has 1 aliphatic heterocycles. The summed E-state index contributed by atoms with van der Waals surface area (Å²) in [5, 5.41) is 0. The van der Waals surface area contributed by atoms with E-state index in [1.807, 2.05) is 33.8 Å². The predicted octanol–water partition coefficient (Wildman–Crippen LogP) is 4.34. The van der Waals surface area contributed by atoms with Gasteiger partial charge in [-0.25, -0.2) is 25.9 Å². The number of sulfone groups is 1. The van der Waals surface area contributed by atoms with Crippen molar-refractivity contribution in [3.63, 3.8) is 0 Å². The van der Waals surface area contributed by atoms with Gasteiger partial charge in [0.15, 0.2) is 0 Å². The van der Waals surface area contributed by atoms with Crippen LogP contribution in [0.25, 0.3) is 0 Å².